The normalized spacial score (nSPS) is 13.3. The van der Waals surface area contributed by atoms with Crippen LogP contribution in [0.5, 0.6) is 17.2 Å². The van der Waals surface area contributed by atoms with Crippen LogP contribution in [-0.2, 0) is 11.4 Å². The highest BCUT2D eigenvalue weighted by molar-refractivity contribution is 9.10. The summed E-state index contributed by atoms with van der Waals surface area (Å²) in [5.74, 6) is 1.40. The van der Waals surface area contributed by atoms with E-state index in [4.69, 9.17) is 14.2 Å². The number of amides is 2. The minimum atomic E-state index is -0.378. The maximum absolute atomic E-state index is 12.7. The third kappa shape index (κ3) is 7.82. The highest BCUT2D eigenvalue weighted by atomic mass is 79.9. The molecule has 4 rings (SSSR count). The fourth-order valence-corrected chi connectivity index (χ4v) is 4.36. The number of hydrogen-bond donors (Lipinski definition) is 1. The van der Waals surface area contributed by atoms with Crippen LogP contribution < -0.4 is 19.6 Å². The molecule has 38 heavy (non-hydrogen) atoms. The van der Waals surface area contributed by atoms with Crippen molar-refractivity contribution in [1.82, 2.24) is 10.3 Å². The summed E-state index contributed by atoms with van der Waals surface area (Å²) < 4.78 is 17.7. The molecule has 2 amide bonds. The van der Waals surface area contributed by atoms with E-state index in [1.807, 2.05) is 47.4 Å². The first-order valence-electron chi connectivity index (χ1n) is 12.4. The van der Waals surface area contributed by atoms with Crippen LogP contribution in [0.4, 0.5) is 0 Å². The van der Waals surface area contributed by atoms with Crippen molar-refractivity contribution in [3.05, 3.63) is 87.9 Å². The maximum atomic E-state index is 12.7. The fraction of sp³-hybridized carbons (Fsp3) is 0.276. The second-order valence-electron chi connectivity index (χ2n) is 8.79. The van der Waals surface area contributed by atoms with Gasteiger partial charge in [0, 0.05) is 23.1 Å². The van der Waals surface area contributed by atoms with Crippen LogP contribution in [0.3, 0.4) is 0 Å². The summed E-state index contributed by atoms with van der Waals surface area (Å²) in [5, 5.41) is 3.98. The number of benzene rings is 3. The minimum absolute atomic E-state index is 0.0873. The smallest absolute Gasteiger partial charge is 0.277 e. The summed E-state index contributed by atoms with van der Waals surface area (Å²) in [6.45, 7) is 1.84. The molecular formula is C29H30BrN3O5. The topological polar surface area (TPSA) is 89.5 Å². The van der Waals surface area contributed by atoms with Gasteiger partial charge in [0.25, 0.3) is 11.8 Å². The number of nitrogens with one attached hydrogen (secondary N) is 1. The van der Waals surface area contributed by atoms with E-state index in [9.17, 15) is 9.59 Å². The van der Waals surface area contributed by atoms with E-state index in [0.717, 1.165) is 41.5 Å². The van der Waals surface area contributed by atoms with Crippen LogP contribution in [0.15, 0.2) is 76.3 Å². The Morgan fingerprint density at radius 1 is 0.974 bits per heavy atom. The highest BCUT2D eigenvalue weighted by Crippen LogP contribution is 2.28. The molecule has 3 aromatic carbocycles. The van der Waals surface area contributed by atoms with Crippen LogP contribution in [0, 0.1) is 0 Å². The van der Waals surface area contributed by atoms with Crippen LogP contribution in [0.2, 0.25) is 0 Å². The van der Waals surface area contributed by atoms with E-state index in [1.165, 1.54) is 12.6 Å². The van der Waals surface area contributed by atoms with E-state index >= 15 is 0 Å². The molecule has 0 radical (unpaired) electrons. The number of halogens is 1. The van der Waals surface area contributed by atoms with Gasteiger partial charge in [-0.2, -0.15) is 5.10 Å². The zero-order valence-electron chi connectivity index (χ0n) is 21.2. The molecule has 3 aromatic rings. The zero-order valence-corrected chi connectivity index (χ0v) is 22.8. The Balaban J connectivity index is 1.27. The van der Waals surface area contributed by atoms with Gasteiger partial charge in [0.1, 0.15) is 12.4 Å². The standard InChI is InChI=1S/C29H30BrN3O5/c1-36-27-16-22(18-31-32-28(34)20-37-25-7-5-6-24(30)17-25)10-13-26(27)38-19-21-8-11-23(12-9-21)29(35)33-14-3-2-4-15-33/h5-13,16-18H,2-4,14-15,19-20H2,1H3,(H,32,34)/b31-18+. The summed E-state index contributed by atoms with van der Waals surface area (Å²) in [6.07, 6.45) is 4.85. The summed E-state index contributed by atoms with van der Waals surface area (Å²) in [7, 11) is 1.56. The molecule has 1 heterocycles. The van der Waals surface area contributed by atoms with E-state index < -0.39 is 0 Å². The number of nitrogens with zero attached hydrogens (tertiary/aromatic N) is 2. The maximum Gasteiger partial charge on any atom is 0.277 e. The number of hydrazone groups is 1. The Morgan fingerprint density at radius 3 is 2.50 bits per heavy atom. The molecule has 1 N–H and O–H groups in total. The summed E-state index contributed by atoms with van der Waals surface area (Å²) in [5.41, 5.74) is 4.81. The average molecular weight is 580 g/mol. The van der Waals surface area contributed by atoms with Gasteiger partial charge in [-0.1, -0.05) is 34.1 Å². The Labute approximate surface area is 230 Å². The van der Waals surface area contributed by atoms with Crippen molar-refractivity contribution >= 4 is 34.0 Å². The molecule has 198 valence electrons. The van der Waals surface area contributed by atoms with Gasteiger partial charge < -0.3 is 19.1 Å². The van der Waals surface area contributed by atoms with Gasteiger partial charge in [-0.25, -0.2) is 5.43 Å². The molecular weight excluding hydrogens is 550 g/mol. The molecule has 1 aliphatic heterocycles. The molecule has 8 nitrogen and oxygen atoms in total. The molecule has 0 atom stereocenters. The first-order chi connectivity index (χ1) is 18.5. The summed E-state index contributed by atoms with van der Waals surface area (Å²) >= 11 is 3.36. The van der Waals surface area contributed by atoms with Gasteiger partial charge >= 0.3 is 0 Å². The van der Waals surface area contributed by atoms with Crippen LogP contribution in [-0.4, -0.2) is 49.7 Å². The number of hydrogen-bond acceptors (Lipinski definition) is 6. The van der Waals surface area contributed by atoms with Gasteiger partial charge in [-0.15, -0.1) is 0 Å². The lowest BCUT2D eigenvalue weighted by Gasteiger charge is -2.26. The van der Waals surface area contributed by atoms with Crippen LogP contribution >= 0.6 is 15.9 Å². The van der Waals surface area contributed by atoms with Gasteiger partial charge in [0.15, 0.2) is 18.1 Å². The molecule has 0 spiro atoms. The van der Waals surface area contributed by atoms with Gasteiger partial charge in [0.05, 0.1) is 13.3 Å². The number of likely N-dealkylation sites (tertiary alicyclic amines) is 1. The predicted molar refractivity (Wildman–Crippen MR) is 149 cm³/mol. The molecule has 0 saturated carbocycles. The van der Waals surface area contributed by atoms with Gasteiger partial charge in [-0.05, 0) is 78.9 Å². The van der Waals surface area contributed by atoms with Crippen molar-refractivity contribution in [1.29, 1.82) is 0 Å². The zero-order chi connectivity index (χ0) is 26.7. The van der Waals surface area contributed by atoms with Crippen molar-refractivity contribution in [3.63, 3.8) is 0 Å². The van der Waals surface area contributed by atoms with Gasteiger partial charge in [-0.3, -0.25) is 9.59 Å². The molecule has 0 bridgehead atoms. The average Bonchev–Trinajstić information content (AvgIpc) is 2.95. The first-order valence-corrected chi connectivity index (χ1v) is 13.2. The second-order valence-corrected chi connectivity index (χ2v) is 9.70. The molecule has 0 aliphatic carbocycles. The number of methoxy groups -OCH3 is 1. The Kier molecular flexibility index (Phi) is 9.75. The largest absolute Gasteiger partial charge is 0.493 e. The first kappa shape index (κ1) is 27.2. The Hall–Kier alpha value is -3.85. The van der Waals surface area contributed by atoms with Gasteiger partial charge in [0.2, 0.25) is 0 Å². The lowest BCUT2D eigenvalue weighted by Crippen LogP contribution is -2.35. The van der Waals surface area contributed by atoms with E-state index in [1.54, 1.807) is 31.4 Å². The van der Waals surface area contributed by atoms with Crippen molar-refractivity contribution < 1.29 is 23.8 Å². The molecule has 9 heteroatoms. The van der Waals surface area contributed by atoms with Crippen molar-refractivity contribution in [3.8, 4) is 17.2 Å². The monoisotopic (exact) mass is 579 g/mol. The third-order valence-corrected chi connectivity index (χ3v) is 6.49. The lowest BCUT2D eigenvalue weighted by atomic mass is 10.1. The Morgan fingerprint density at radius 2 is 1.76 bits per heavy atom. The van der Waals surface area contributed by atoms with E-state index in [0.29, 0.717) is 29.4 Å². The van der Waals surface area contributed by atoms with Crippen LogP contribution in [0.25, 0.3) is 0 Å². The number of ether oxygens (including phenoxy) is 3. The molecule has 0 unspecified atom stereocenters. The summed E-state index contributed by atoms with van der Waals surface area (Å²) in [6, 6.07) is 20.1. The second kappa shape index (κ2) is 13.6. The number of rotatable bonds is 10. The predicted octanol–water partition coefficient (Wildman–Crippen LogP) is 5.19. The van der Waals surface area contributed by atoms with E-state index in [2.05, 4.69) is 26.5 Å². The SMILES string of the molecule is COc1cc(/C=N/NC(=O)COc2cccc(Br)c2)ccc1OCc1ccc(C(=O)N2CCCCC2)cc1. The number of carbonyl (C=O) groups is 2. The van der Waals surface area contributed by atoms with Crippen molar-refractivity contribution in [2.75, 3.05) is 26.8 Å². The number of carbonyl (C=O) groups excluding carboxylic acids is 2. The minimum Gasteiger partial charge on any atom is -0.493 e. The summed E-state index contributed by atoms with van der Waals surface area (Å²) in [4.78, 5) is 26.6. The molecule has 0 aromatic heterocycles. The van der Waals surface area contributed by atoms with Crippen molar-refractivity contribution in [2.24, 2.45) is 5.10 Å². The quantitative estimate of drug-likeness (QED) is 0.263. The molecule has 1 fully saturated rings. The lowest BCUT2D eigenvalue weighted by molar-refractivity contribution is -0.123. The highest BCUT2D eigenvalue weighted by Gasteiger charge is 2.18. The molecule has 1 aliphatic rings. The molecule has 1 saturated heterocycles. The Bertz CT molecular complexity index is 1270. The fourth-order valence-electron chi connectivity index (χ4n) is 3.98. The number of piperidine rings is 1. The third-order valence-electron chi connectivity index (χ3n) is 6.00. The van der Waals surface area contributed by atoms with Crippen LogP contribution in [0.1, 0.15) is 40.7 Å². The van der Waals surface area contributed by atoms with E-state index in [-0.39, 0.29) is 18.4 Å². The van der Waals surface area contributed by atoms with Crippen molar-refractivity contribution in [2.45, 2.75) is 25.9 Å².